The molecule has 0 fully saturated rings. The molecule has 0 spiro atoms. The van der Waals surface area contributed by atoms with E-state index in [9.17, 15) is 4.79 Å². The van der Waals surface area contributed by atoms with Gasteiger partial charge in [-0.25, -0.2) is 4.79 Å². The van der Waals surface area contributed by atoms with Crippen LogP contribution in [0.5, 0.6) is 0 Å². The van der Waals surface area contributed by atoms with Crippen LogP contribution < -0.4 is 0 Å². The molecule has 0 heterocycles. The minimum atomic E-state index is -0.351. The molecule has 0 bridgehead atoms. The minimum absolute atomic E-state index is 0.309. The van der Waals surface area contributed by atoms with E-state index in [4.69, 9.17) is 10.00 Å². The molecule has 0 saturated carbocycles. The zero-order valence-corrected chi connectivity index (χ0v) is 11.0. The lowest BCUT2D eigenvalue weighted by atomic mass is 10.1. The van der Waals surface area contributed by atoms with Gasteiger partial charge in [0.05, 0.1) is 12.7 Å². The smallest absolute Gasteiger partial charge is 0.334 e. The highest BCUT2D eigenvalue weighted by atomic mass is 16.5. The van der Waals surface area contributed by atoms with Gasteiger partial charge in [-0.15, -0.1) is 0 Å². The Labute approximate surface area is 113 Å². The highest BCUT2D eigenvalue weighted by Gasteiger charge is 2.08. The highest BCUT2D eigenvalue weighted by molar-refractivity contribution is 5.89. The maximum absolute atomic E-state index is 11.7. The Hall–Kier alpha value is -2.34. The van der Waals surface area contributed by atoms with Gasteiger partial charge in [-0.3, -0.25) is 0 Å². The molecule has 0 amide bonds. The number of ether oxygens (including phenoxy) is 1. The van der Waals surface area contributed by atoms with Gasteiger partial charge in [0.1, 0.15) is 0 Å². The first-order valence-electron chi connectivity index (χ1n) is 6.24. The second-order valence-corrected chi connectivity index (χ2v) is 3.84. The molecule has 0 N–H and O–H groups in total. The molecular weight excluding hydrogens is 238 g/mol. The summed E-state index contributed by atoms with van der Waals surface area (Å²) in [6.45, 7) is 2.10. The van der Waals surface area contributed by atoms with Crippen LogP contribution in [0, 0.1) is 11.3 Å². The second-order valence-electron chi connectivity index (χ2n) is 3.84. The van der Waals surface area contributed by atoms with Crippen LogP contribution in [-0.4, -0.2) is 12.6 Å². The summed E-state index contributed by atoms with van der Waals surface area (Å²) in [4.78, 5) is 11.7. The maximum atomic E-state index is 11.7. The molecule has 0 radical (unpaired) electrons. The summed E-state index contributed by atoms with van der Waals surface area (Å²) in [5.41, 5.74) is 1.58. The van der Waals surface area contributed by atoms with Crippen LogP contribution in [0.1, 0.15) is 25.3 Å². The summed E-state index contributed by atoms with van der Waals surface area (Å²) < 4.78 is 4.95. The van der Waals surface area contributed by atoms with Crippen LogP contribution >= 0.6 is 0 Å². The summed E-state index contributed by atoms with van der Waals surface area (Å²) >= 11 is 0. The monoisotopic (exact) mass is 255 g/mol. The average Bonchev–Trinajstić information content (AvgIpc) is 2.44. The summed E-state index contributed by atoms with van der Waals surface area (Å²) in [5.74, 6) is -0.351. The third-order valence-corrected chi connectivity index (χ3v) is 2.43. The molecule has 3 nitrogen and oxygen atoms in total. The van der Waals surface area contributed by atoms with Gasteiger partial charge in [0.2, 0.25) is 0 Å². The van der Waals surface area contributed by atoms with Gasteiger partial charge in [-0.05, 0) is 18.9 Å². The summed E-state index contributed by atoms with van der Waals surface area (Å²) in [6, 6.07) is 11.8. The Morgan fingerprint density at radius 2 is 2.11 bits per heavy atom. The van der Waals surface area contributed by atoms with Crippen molar-refractivity contribution in [2.45, 2.75) is 19.8 Å². The quantitative estimate of drug-likeness (QED) is 0.444. The van der Waals surface area contributed by atoms with E-state index in [-0.39, 0.29) is 5.97 Å². The first-order valence-corrected chi connectivity index (χ1v) is 6.24. The van der Waals surface area contributed by atoms with E-state index in [1.165, 1.54) is 0 Å². The molecule has 98 valence electrons. The fourth-order valence-corrected chi connectivity index (χ4v) is 1.51. The normalized spacial score (nSPS) is 11.3. The molecule has 1 aromatic carbocycles. The summed E-state index contributed by atoms with van der Waals surface area (Å²) in [5, 5.41) is 8.58. The van der Waals surface area contributed by atoms with Crippen molar-refractivity contribution in [3.05, 3.63) is 53.6 Å². The molecule has 0 aliphatic rings. The third kappa shape index (κ3) is 5.69. The molecule has 1 aromatic rings. The second kappa shape index (κ2) is 8.71. The number of nitriles is 1. The van der Waals surface area contributed by atoms with Crippen molar-refractivity contribution < 1.29 is 9.53 Å². The molecule has 3 heteroatoms. The predicted molar refractivity (Wildman–Crippen MR) is 75.0 cm³/mol. The van der Waals surface area contributed by atoms with Crippen LogP contribution in [0.3, 0.4) is 0 Å². The van der Waals surface area contributed by atoms with Crippen LogP contribution in [0.25, 0.3) is 6.08 Å². The van der Waals surface area contributed by atoms with Gasteiger partial charge >= 0.3 is 5.97 Å². The van der Waals surface area contributed by atoms with E-state index in [1.807, 2.05) is 42.5 Å². The SMILES string of the molecule is CCOC(=O)/C(=C/C=C/c1ccccc1)CCC#N. The fraction of sp³-hybridized carbons (Fsp3) is 0.250. The van der Waals surface area contributed by atoms with Gasteiger partial charge in [-0.1, -0.05) is 48.6 Å². The fourth-order valence-electron chi connectivity index (χ4n) is 1.51. The van der Waals surface area contributed by atoms with Gasteiger partial charge in [0.25, 0.3) is 0 Å². The molecule has 0 saturated heterocycles. The molecular formula is C16H17NO2. The van der Waals surface area contributed by atoms with Crippen LogP contribution in [0.4, 0.5) is 0 Å². The molecule has 0 aromatic heterocycles. The molecule has 1 rings (SSSR count). The number of allylic oxidation sites excluding steroid dienone is 2. The van der Waals surface area contributed by atoms with Crippen molar-refractivity contribution in [3.8, 4) is 6.07 Å². The van der Waals surface area contributed by atoms with E-state index in [1.54, 1.807) is 19.1 Å². The molecule has 0 aliphatic carbocycles. The Bertz CT molecular complexity index is 495. The lowest BCUT2D eigenvalue weighted by Crippen LogP contribution is -2.07. The Kier molecular flexibility index (Phi) is 6.75. The van der Waals surface area contributed by atoms with Crippen molar-refractivity contribution in [1.29, 1.82) is 5.26 Å². The van der Waals surface area contributed by atoms with Crippen LogP contribution in [0.2, 0.25) is 0 Å². The Morgan fingerprint density at radius 3 is 2.74 bits per heavy atom. The molecule has 0 unspecified atom stereocenters. The molecule has 19 heavy (non-hydrogen) atoms. The van der Waals surface area contributed by atoms with Crippen molar-refractivity contribution >= 4 is 12.0 Å². The van der Waals surface area contributed by atoms with Crippen molar-refractivity contribution in [1.82, 2.24) is 0 Å². The number of benzene rings is 1. The Morgan fingerprint density at radius 1 is 1.37 bits per heavy atom. The molecule has 0 atom stereocenters. The summed E-state index contributed by atoms with van der Waals surface area (Å²) in [6.07, 6.45) is 6.14. The van der Waals surface area contributed by atoms with Gasteiger partial charge in [0.15, 0.2) is 0 Å². The average molecular weight is 255 g/mol. The number of hydrogen-bond acceptors (Lipinski definition) is 3. The lowest BCUT2D eigenvalue weighted by Gasteiger charge is -2.03. The maximum Gasteiger partial charge on any atom is 0.334 e. The first-order chi connectivity index (χ1) is 9.27. The van der Waals surface area contributed by atoms with E-state index in [0.717, 1.165) is 5.56 Å². The number of esters is 1. The van der Waals surface area contributed by atoms with Crippen molar-refractivity contribution in [3.63, 3.8) is 0 Å². The lowest BCUT2D eigenvalue weighted by molar-refractivity contribution is -0.138. The predicted octanol–water partition coefficient (Wildman–Crippen LogP) is 3.49. The van der Waals surface area contributed by atoms with E-state index in [2.05, 4.69) is 0 Å². The Balaban J connectivity index is 2.74. The molecule has 0 aliphatic heterocycles. The van der Waals surface area contributed by atoms with E-state index < -0.39 is 0 Å². The third-order valence-electron chi connectivity index (χ3n) is 2.43. The highest BCUT2D eigenvalue weighted by Crippen LogP contribution is 2.09. The minimum Gasteiger partial charge on any atom is -0.463 e. The number of hydrogen-bond donors (Lipinski definition) is 0. The van der Waals surface area contributed by atoms with Gasteiger partial charge < -0.3 is 4.74 Å². The van der Waals surface area contributed by atoms with Gasteiger partial charge in [0, 0.05) is 12.0 Å². The van der Waals surface area contributed by atoms with Gasteiger partial charge in [-0.2, -0.15) is 5.26 Å². The number of carbonyl (C=O) groups is 1. The topological polar surface area (TPSA) is 50.1 Å². The van der Waals surface area contributed by atoms with E-state index in [0.29, 0.717) is 25.0 Å². The zero-order valence-electron chi connectivity index (χ0n) is 11.0. The largest absolute Gasteiger partial charge is 0.463 e. The number of carbonyl (C=O) groups excluding carboxylic acids is 1. The first kappa shape index (κ1) is 14.7. The zero-order chi connectivity index (χ0) is 13.9. The van der Waals surface area contributed by atoms with Crippen LogP contribution in [-0.2, 0) is 9.53 Å². The number of rotatable bonds is 6. The van der Waals surface area contributed by atoms with Crippen molar-refractivity contribution in [2.75, 3.05) is 6.61 Å². The van der Waals surface area contributed by atoms with Crippen molar-refractivity contribution in [2.24, 2.45) is 0 Å². The summed E-state index contributed by atoms with van der Waals surface area (Å²) in [7, 11) is 0. The standard InChI is InChI=1S/C16H17NO2/c1-2-19-16(18)15(12-7-13-17)11-6-10-14-8-4-3-5-9-14/h3-6,8-11H,2,7,12H2,1H3/b10-6+,15-11+. The van der Waals surface area contributed by atoms with Crippen LogP contribution in [0.15, 0.2) is 48.1 Å². The van der Waals surface area contributed by atoms with E-state index >= 15 is 0 Å². The number of nitrogens with zero attached hydrogens (tertiary/aromatic N) is 1.